The van der Waals surface area contributed by atoms with Gasteiger partial charge in [0.15, 0.2) is 34.9 Å². The fourth-order valence-electron chi connectivity index (χ4n) is 9.40. The van der Waals surface area contributed by atoms with Gasteiger partial charge >= 0.3 is 0 Å². The summed E-state index contributed by atoms with van der Waals surface area (Å²) in [5.74, 6) is 3.35. The van der Waals surface area contributed by atoms with Gasteiger partial charge in [-0.3, -0.25) is 0 Å². The summed E-state index contributed by atoms with van der Waals surface area (Å²) in [6.45, 7) is 0. The van der Waals surface area contributed by atoms with Crippen molar-refractivity contribution in [3.05, 3.63) is 224 Å². The van der Waals surface area contributed by atoms with E-state index in [0.29, 0.717) is 34.9 Å². The van der Waals surface area contributed by atoms with Crippen molar-refractivity contribution in [2.24, 2.45) is 0 Å². The smallest absolute Gasteiger partial charge is 0.166 e. The van der Waals surface area contributed by atoms with E-state index in [2.05, 4.69) is 126 Å². The predicted molar refractivity (Wildman–Crippen MR) is 278 cm³/mol. The van der Waals surface area contributed by atoms with E-state index in [4.69, 9.17) is 29.9 Å². The molecule has 13 aromatic rings. The van der Waals surface area contributed by atoms with Crippen LogP contribution in [0.1, 0.15) is 0 Å². The highest BCUT2D eigenvalue weighted by molar-refractivity contribution is 7.26. The number of aromatic nitrogens is 7. The van der Waals surface area contributed by atoms with Gasteiger partial charge in [0, 0.05) is 64.3 Å². The van der Waals surface area contributed by atoms with Crippen LogP contribution in [0.2, 0.25) is 0 Å². The molecular weight excluding hydrogens is 851 g/mol. The van der Waals surface area contributed by atoms with Crippen LogP contribution in [0.5, 0.6) is 0 Å². The predicted octanol–water partition coefficient (Wildman–Crippen LogP) is 15.2. The number of rotatable bonds is 8. The summed E-state index contributed by atoms with van der Waals surface area (Å²) >= 11 is 1.83. The molecule has 0 aliphatic rings. The maximum absolute atomic E-state index is 5.34. The Morgan fingerprint density at radius 3 is 1.37 bits per heavy atom. The Bertz CT molecular complexity index is 3960. The first kappa shape index (κ1) is 39.4. The van der Waals surface area contributed by atoms with Gasteiger partial charge in [-0.25, -0.2) is 29.9 Å². The molecule has 4 aromatic heterocycles. The quantitative estimate of drug-likeness (QED) is 0.151. The Labute approximate surface area is 395 Å². The molecule has 0 saturated carbocycles. The second kappa shape index (κ2) is 16.5. The van der Waals surface area contributed by atoms with E-state index >= 15 is 0 Å². The van der Waals surface area contributed by atoms with Gasteiger partial charge in [0.1, 0.15) is 0 Å². The molecule has 13 rings (SSSR count). The minimum atomic E-state index is 0.523. The van der Waals surface area contributed by atoms with Crippen LogP contribution in [0.15, 0.2) is 224 Å². The Kier molecular flexibility index (Phi) is 9.54. The summed E-state index contributed by atoms with van der Waals surface area (Å²) in [5.41, 5.74) is 10.4. The molecule has 0 radical (unpaired) electrons. The van der Waals surface area contributed by atoms with E-state index in [1.807, 2.05) is 114 Å². The molecule has 0 spiro atoms. The molecule has 0 aliphatic heterocycles. The second-order valence-electron chi connectivity index (χ2n) is 16.6. The summed E-state index contributed by atoms with van der Waals surface area (Å²) in [4.78, 5) is 31.5. The van der Waals surface area contributed by atoms with Crippen LogP contribution in [-0.4, -0.2) is 34.5 Å². The zero-order valence-corrected chi connectivity index (χ0v) is 37.2. The molecule has 9 aromatic carbocycles. The van der Waals surface area contributed by atoms with Gasteiger partial charge < -0.3 is 4.57 Å². The Hall–Kier alpha value is -8.98. The molecule has 0 bridgehead atoms. The van der Waals surface area contributed by atoms with Gasteiger partial charge in [0.2, 0.25) is 0 Å². The molecule has 0 unspecified atom stereocenters. The summed E-state index contributed by atoms with van der Waals surface area (Å²) in [6.07, 6.45) is 0. The molecule has 0 fully saturated rings. The average Bonchev–Trinajstić information content (AvgIpc) is 3.97. The Morgan fingerprint density at radius 1 is 0.279 bits per heavy atom. The van der Waals surface area contributed by atoms with Crippen molar-refractivity contribution in [3.63, 3.8) is 0 Å². The highest BCUT2D eigenvalue weighted by atomic mass is 32.1. The molecule has 4 heterocycles. The number of para-hydroxylation sites is 1. The highest BCUT2D eigenvalue weighted by Crippen LogP contribution is 2.45. The third-order valence-electron chi connectivity index (χ3n) is 12.5. The lowest BCUT2D eigenvalue weighted by Gasteiger charge is -2.16. The molecule has 0 saturated heterocycles. The van der Waals surface area contributed by atoms with Gasteiger partial charge in [-0.15, -0.1) is 11.3 Å². The minimum absolute atomic E-state index is 0.523. The summed E-state index contributed by atoms with van der Waals surface area (Å²) in [5, 5.41) is 4.89. The van der Waals surface area contributed by atoms with E-state index < -0.39 is 0 Å². The third kappa shape index (κ3) is 6.82. The first-order valence-electron chi connectivity index (χ1n) is 22.5. The lowest BCUT2D eigenvalue weighted by molar-refractivity contribution is 1.06. The van der Waals surface area contributed by atoms with Crippen molar-refractivity contribution in [1.29, 1.82) is 0 Å². The van der Waals surface area contributed by atoms with E-state index in [0.717, 1.165) is 61.2 Å². The molecule has 0 aliphatic carbocycles. The van der Waals surface area contributed by atoms with Crippen LogP contribution < -0.4 is 0 Å². The summed E-state index contributed by atoms with van der Waals surface area (Å²) in [6, 6.07) is 77.4. The number of nitrogens with zero attached hydrogens (tertiary/aromatic N) is 7. The Balaban J connectivity index is 1.11. The van der Waals surface area contributed by atoms with Gasteiger partial charge in [0.25, 0.3) is 0 Å². The molecule has 68 heavy (non-hydrogen) atoms. The molecular formula is C60H37N7S. The maximum Gasteiger partial charge on any atom is 0.166 e. The highest BCUT2D eigenvalue weighted by Gasteiger charge is 2.24. The van der Waals surface area contributed by atoms with Crippen molar-refractivity contribution in [2.75, 3.05) is 0 Å². The minimum Gasteiger partial charge on any atom is -0.308 e. The van der Waals surface area contributed by atoms with Crippen LogP contribution in [0.4, 0.5) is 0 Å². The summed E-state index contributed by atoms with van der Waals surface area (Å²) < 4.78 is 4.89. The van der Waals surface area contributed by atoms with Gasteiger partial charge in [-0.05, 0) is 53.6 Å². The van der Waals surface area contributed by atoms with Crippen molar-refractivity contribution in [3.8, 4) is 85.1 Å². The number of hydrogen-bond acceptors (Lipinski definition) is 7. The lowest BCUT2D eigenvalue weighted by atomic mass is 9.99. The molecule has 318 valence electrons. The molecule has 0 N–H and O–H groups in total. The number of benzene rings is 9. The average molecular weight is 888 g/mol. The van der Waals surface area contributed by atoms with Gasteiger partial charge in [0.05, 0.1) is 16.7 Å². The van der Waals surface area contributed by atoms with Crippen LogP contribution >= 0.6 is 11.3 Å². The molecule has 0 amide bonds. The zero-order chi connectivity index (χ0) is 45.0. The van der Waals surface area contributed by atoms with Crippen LogP contribution in [-0.2, 0) is 0 Å². The molecule has 8 heteroatoms. The van der Waals surface area contributed by atoms with Crippen molar-refractivity contribution in [1.82, 2.24) is 34.5 Å². The fourth-order valence-corrected chi connectivity index (χ4v) is 10.5. The van der Waals surface area contributed by atoms with Gasteiger partial charge in [-0.1, -0.05) is 182 Å². The number of thiophene rings is 1. The topological polar surface area (TPSA) is 82.3 Å². The first-order valence-corrected chi connectivity index (χ1v) is 23.4. The zero-order valence-electron chi connectivity index (χ0n) is 36.4. The van der Waals surface area contributed by atoms with E-state index in [1.54, 1.807) is 0 Å². The van der Waals surface area contributed by atoms with Crippen molar-refractivity contribution < 1.29 is 0 Å². The van der Waals surface area contributed by atoms with Crippen molar-refractivity contribution >= 4 is 53.3 Å². The van der Waals surface area contributed by atoms with Crippen molar-refractivity contribution in [2.45, 2.75) is 0 Å². The Morgan fingerprint density at radius 2 is 0.750 bits per heavy atom. The standard InChI is InChI=1S/C60H37N7S/c1-5-19-38(20-6-1)43-27-13-14-28-44(43)59-63-57(41-25-11-4-12-26-41)62-58(66-59)42-33-34-49(47(37-42)60-64-55(39-21-7-2-8-22-39)61-56(65-60)40-23-9-3-10-24-40)67-48-31-17-15-29-45(48)53-50(67)35-36-52-54(53)46-30-16-18-32-51(46)68-52/h1-37H. The van der Waals surface area contributed by atoms with Crippen LogP contribution in [0, 0.1) is 0 Å². The number of fused-ring (bicyclic) bond motifs is 7. The largest absolute Gasteiger partial charge is 0.308 e. The van der Waals surface area contributed by atoms with E-state index in [1.165, 1.54) is 30.9 Å². The molecule has 7 nitrogen and oxygen atoms in total. The lowest BCUT2D eigenvalue weighted by Crippen LogP contribution is -2.05. The maximum atomic E-state index is 5.34. The van der Waals surface area contributed by atoms with E-state index in [-0.39, 0.29) is 0 Å². The van der Waals surface area contributed by atoms with Crippen LogP contribution in [0.3, 0.4) is 0 Å². The fraction of sp³-hybridized carbons (Fsp3) is 0. The first-order chi connectivity index (χ1) is 33.7. The summed E-state index contributed by atoms with van der Waals surface area (Å²) in [7, 11) is 0. The van der Waals surface area contributed by atoms with E-state index in [9.17, 15) is 0 Å². The number of hydrogen-bond donors (Lipinski definition) is 0. The van der Waals surface area contributed by atoms with Gasteiger partial charge in [-0.2, -0.15) is 0 Å². The molecule has 0 atom stereocenters. The normalized spacial score (nSPS) is 11.5. The van der Waals surface area contributed by atoms with Crippen LogP contribution in [0.25, 0.3) is 127 Å². The monoisotopic (exact) mass is 887 g/mol. The second-order valence-corrected chi connectivity index (χ2v) is 17.7. The SMILES string of the molecule is c1ccc(-c2nc(-c3ccc(-n4c5ccccc5c5c6c(ccc54)sc4ccccc46)c(-c4nc(-c5ccccc5)nc(-c5ccccc5)n4)c3)nc(-c3ccccc3-c3ccccc3)n2)cc1. The third-order valence-corrected chi connectivity index (χ3v) is 13.7.